The molecular formula is C23H22ClNO3S2. The minimum Gasteiger partial charge on any atom is -0.324 e. The van der Waals surface area contributed by atoms with Crippen molar-refractivity contribution in [2.24, 2.45) is 0 Å². The molecule has 0 spiro atoms. The van der Waals surface area contributed by atoms with E-state index in [9.17, 15) is 14.4 Å². The van der Waals surface area contributed by atoms with Crippen LogP contribution >= 0.6 is 35.2 Å². The van der Waals surface area contributed by atoms with Gasteiger partial charge < -0.3 is 4.90 Å². The summed E-state index contributed by atoms with van der Waals surface area (Å²) in [5, 5.41) is 2.65. The molecule has 4 nitrogen and oxygen atoms in total. The molecule has 1 unspecified atom stereocenters. The SMILES string of the molecule is Cc1ccc(CC(=S)CCc2scc3c2CN(C2CCC(=O)CC2=O)C3=O)cc1Cl. The quantitative estimate of drug-likeness (QED) is 0.455. The Balaban J connectivity index is 1.39. The fraction of sp³-hybridized carbons (Fsp3) is 0.391. The van der Waals surface area contributed by atoms with Crippen LogP contribution in [-0.2, 0) is 29.0 Å². The Morgan fingerprint density at radius 3 is 2.83 bits per heavy atom. The van der Waals surface area contributed by atoms with Gasteiger partial charge in [0.15, 0.2) is 5.78 Å². The number of hydrogen-bond donors (Lipinski definition) is 0. The van der Waals surface area contributed by atoms with Gasteiger partial charge in [-0.3, -0.25) is 14.4 Å². The summed E-state index contributed by atoms with van der Waals surface area (Å²) in [6.07, 6.45) is 3.02. The molecule has 2 heterocycles. The van der Waals surface area contributed by atoms with Crippen molar-refractivity contribution in [2.45, 2.75) is 58.0 Å². The summed E-state index contributed by atoms with van der Waals surface area (Å²) in [7, 11) is 0. The molecule has 1 amide bonds. The van der Waals surface area contributed by atoms with Crippen molar-refractivity contribution < 1.29 is 14.4 Å². The van der Waals surface area contributed by atoms with Crippen molar-refractivity contribution in [1.29, 1.82) is 0 Å². The Labute approximate surface area is 190 Å². The summed E-state index contributed by atoms with van der Waals surface area (Å²) in [5.74, 6) is -0.244. The highest BCUT2D eigenvalue weighted by Crippen LogP contribution is 2.35. The molecule has 2 aliphatic rings. The van der Waals surface area contributed by atoms with E-state index in [4.69, 9.17) is 23.8 Å². The van der Waals surface area contributed by atoms with Crippen LogP contribution in [0.1, 0.15) is 57.6 Å². The number of rotatable bonds is 6. The maximum absolute atomic E-state index is 12.8. The number of hydrogen-bond acceptors (Lipinski definition) is 5. The molecule has 1 aliphatic heterocycles. The number of ketones is 2. The van der Waals surface area contributed by atoms with Gasteiger partial charge in [-0.15, -0.1) is 11.3 Å². The third-order valence-electron chi connectivity index (χ3n) is 5.88. The first kappa shape index (κ1) is 21.3. The number of nitrogens with zero attached hydrogens (tertiary/aromatic N) is 1. The highest BCUT2D eigenvalue weighted by molar-refractivity contribution is 7.80. The highest BCUT2D eigenvalue weighted by Gasteiger charge is 2.40. The average Bonchev–Trinajstić information content (AvgIpc) is 3.23. The zero-order chi connectivity index (χ0) is 21.4. The van der Waals surface area contributed by atoms with E-state index >= 15 is 0 Å². The number of fused-ring (bicyclic) bond motifs is 1. The number of benzene rings is 1. The minimum absolute atomic E-state index is 0.0267. The molecule has 156 valence electrons. The smallest absolute Gasteiger partial charge is 0.255 e. The second-order valence-corrected chi connectivity index (χ2v) is 9.97. The van der Waals surface area contributed by atoms with Crippen molar-refractivity contribution in [3.63, 3.8) is 0 Å². The highest BCUT2D eigenvalue weighted by atomic mass is 35.5. The van der Waals surface area contributed by atoms with Crippen LogP contribution < -0.4 is 0 Å². The van der Waals surface area contributed by atoms with E-state index in [1.54, 1.807) is 16.2 Å². The molecule has 1 fully saturated rings. The Kier molecular flexibility index (Phi) is 6.19. The van der Waals surface area contributed by atoms with Crippen molar-refractivity contribution >= 4 is 57.5 Å². The minimum atomic E-state index is -0.465. The normalized spacial score (nSPS) is 18.8. The second-order valence-electron chi connectivity index (χ2n) is 8.02. The van der Waals surface area contributed by atoms with Gasteiger partial charge in [-0.2, -0.15) is 0 Å². The number of thiocarbonyl (C=S) groups is 1. The standard InChI is InChI=1S/C23H22ClNO3S2/c1-13-2-3-14(9-19(13)24)8-16(29)5-7-22-17-11-25(23(28)18(17)12-30-22)20-6-4-15(26)10-21(20)27/h2-3,9,12,20H,4-8,10-11H2,1H3. The lowest BCUT2D eigenvalue weighted by Crippen LogP contribution is -2.44. The van der Waals surface area contributed by atoms with Crippen LogP contribution in [0.5, 0.6) is 0 Å². The molecule has 1 aromatic heterocycles. The van der Waals surface area contributed by atoms with E-state index < -0.39 is 6.04 Å². The zero-order valence-electron chi connectivity index (χ0n) is 16.7. The zero-order valence-corrected chi connectivity index (χ0v) is 19.1. The Hall–Kier alpha value is -1.89. The van der Waals surface area contributed by atoms with Gasteiger partial charge in [0.25, 0.3) is 5.91 Å². The van der Waals surface area contributed by atoms with Gasteiger partial charge in [-0.1, -0.05) is 36.0 Å². The molecule has 1 aromatic carbocycles. The van der Waals surface area contributed by atoms with E-state index in [0.717, 1.165) is 44.3 Å². The maximum Gasteiger partial charge on any atom is 0.255 e. The Morgan fingerprint density at radius 2 is 2.10 bits per heavy atom. The first-order valence-electron chi connectivity index (χ1n) is 10.0. The molecule has 2 aromatic rings. The number of carbonyl (C=O) groups excluding carboxylic acids is 3. The Bertz CT molecular complexity index is 1060. The van der Waals surface area contributed by atoms with Crippen molar-refractivity contribution in [2.75, 3.05) is 0 Å². The molecule has 0 N–H and O–H groups in total. The van der Waals surface area contributed by atoms with Crippen LogP contribution in [0.3, 0.4) is 0 Å². The van der Waals surface area contributed by atoms with Crippen LogP contribution in [0.2, 0.25) is 5.02 Å². The molecule has 1 atom stereocenters. The van der Waals surface area contributed by atoms with Crippen molar-refractivity contribution in [1.82, 2.24) is 4.90 Å². The summed E-state index contributed by atoms with van der Waals surface area (Å²) in [4.78, 5) is 40.4. The van der Waals surface area contributed by atoms with Gasteiger partial charge in [0.2, 0.25) is 0 Å². The summed E-state index contributed by atoms with van der Waals surface area (Å²) in [5.41, 5.74) is 3.89. The second kappa shape index (κ2) is 8.69. The van der Waals surface area contributed by atoms with Gasteiger partial charge in [0, 0.05) is 34.7 Å². The summed E-state index contributed by atoms with van der Waals surface area (Å²) in [6, 6.07) is 5.56. The summed E-state index contributed by atoms with van der Waals surface area (Å²) in [6.45, 7) is 2.43. The number of Topliss-reactive ketones (excluding diaryl/α,β-unsaturated/α-hetero) is 2. The fourth-order valence-electron chi connectivity index (χ4n) is 4.14. The topological polar surface area (TPSA) is 54.5 Å². The van der Waals surface area contributed by atoms with Crippen LogP contribution in [0.25, 0.3) is 0 Å². The largest absolute Gasteiger partial charge is 0.324 e. The van der Waals surface area contributed by atoms with Crippen LogP contribution in [0.4, 0.5) is 0 Å². The summed E-state index contributed by atoms with van der Waals surface area (Å²) < 4.78 is 0. The number of amides is 1. The van der Waals surface area contributed by atoms with E-state index in [2.05, 4.69) is 6.07 Å². The van der Waals surface area contributed by atoms with Crippen molar-refractivity contribution in [3.8, 4) is 0 Å². The van der Waals surface area contributed by atoms with Gasteiger partial charge in [-0.25, -0.2) is 0 Å². The van der Waals surface area contributed by atoms with Gasteiger partial charge in [-0.05, 0) is 53.8 Å². The summed E-state index contributed by atoms with van der Waals surface area (Å²) >= 11 is 13.4. The molecule has 30 heavy (non-hydrogen) atoms. The lowest BCUT2D eigenvalue weighted by molar-refractivity contribution is -0.133. The van der Waals surface area contributed by atoms with Crippen molar-refractivity contribution in [3.05, 3.63) is 55.7 Å². The molecule has 0 radical (unpaired) electrons. The molecule has 1 saturated carbocycles. The lowest BCUT2D eigenvalue weighted by Gasteiger charge is -2.29. The van der Waals surface area contributed by atoms with E-state index in [1.165, 1.54) is 0 Å². The molecule has 4 rings (SSSR count). The monoisotopic (exact) mass is 459 g/mol. The van der Waals surface area contributed by atoms with Crippen LogP contribution in [-0.4, -0.2) is 33.3 Å². The van der Waals surface area contributed by atoms with Crippen LogP contribution in [0, 0.1) is 6.92 Å². The molecule has 0 saturated heterocycles. The molecule has 0 bridgehead atoms. The molecule has 7 heteroatoms. The average molecular weight is 460 g/mol. The number of aryl methyl sites for hydroxylation is 2. The predicted octanol–water partition coefficient (Wildman–Crippen LogP) is 4.90. The first-order chi connectivity index (χ1) is 14.3. The Morgan fingerprint density at radius 1 is 1.30 bits per heavy atom. The van der Waals surface area contributed by atoms with E-state index in [0.29, 0.717) is 31.4 Å². The molecule has 1 aliphatic carbocycles. The van der Waals surface area contributed by atoms with E-state index in [-0.39, 0.29) is 23.9 Å². The fourth-order valence-corrected chi connectivity index (χ4v) is 5.65. The van der Waals surface area contributed by atoms with Gasteiger partial charge in [0.05, 0.1) is 18.0 Å². The molecular weight excluding hydrogens is 438 g/mol. The predicted molar refractivity (Wildman–Crippen MR) is 123 cm³/mol. The number of thiophene rings is 1. The maximum atomic E-state index is 12.8. The van der Waals surface area contributed by atoms with E-state index in [1.807, 2.05) is 24.4 Å². The third kappa shape index (κ3) is 4.27. The lowest BCUT2D eigenvalue weighted by atomic mass is 9.92. The first-order valence-corrected chi connectivity index (χ1v) is 11.7. The van der Waals surface area contributed by atoms with Crippen LogP contribution in [0.15, 0.2) is 23.6 Å². The number of halogens is 1. The number of carbonyl (C=O) groups is 3. The van der Waals surface area contributed by atoms with Gasteiger partial charge in [0.1, 0.15) is 5.78 Å². The van der Waals surface area contributed by atoms with Gasteiger partial charge >= 0.3 is 0 Å². The third-order valence-corrected chi connectivity index (χ3v) is 7.73.